The summed E-state index contributed by atoms with van der Waals surface area (Å²) in [7, 11) is 0. The summed E-state index contributed by atoms with van der Waals surface area (Å²) >= 11 is 0. The molecule has 1 unspecified atom stereocenters. The molecule has 212 valence electrons. The summed E-state index contributed by atoms with van der Waals surface area (Å²) in [5.74, 6) is -1.02. The van der Waals surface area contributed by atoms with Crippen molar-refractivity contribution in [1.82, 2.24) is 10.2 Å². The van der Waals surface area contributed by atoms with Gasteiger partial charge in [0.05, 0.1) is 5.92 Å². The summed E-state index contributed by atoms with van der Waals surface area (Å²) in [5.41, 5.74) is 1.84. The second-order valence-electron chi connectivity index (χ2n) is 10.3. The fourth-order valence-corrected chi connectivity index (χ4v) is 4.64. The third-order valence-electron chi connectivity index (χ3n) is 7.05. The van der Waals surface area contributed by atoms with Crippen molar-refractivity contribution in [2.24, 2.45) is 11.8 Å². The number of carbonyl (C=O) groups excluding carboxylic acids is 3. The Bertz CT molecular complexity index is 1050. The summed E-state index contributed by atoms with van der Waals surface area (Å²) in [6.45, 7) is 7.85. The van der Waals surface area contributed by atoms with Crippen molar-refractivity contribution in [1.29, 1.82) is 0 Å². The number of esters is 1. The predicted molar refractivity (Wildman–Crippen MR) is 148 cm³/mol. The molecule has 1 aliphatic heterocycles. The van der Waals surface area contributed by atoms with E-state index >= 15 is 0 Å². The van der Waals surface area contributed by atoms with Crippen LogP contribution in [0.2, 0.25) is 0 Å². The first-order valence-electron chi connectivity index (χ1n) is 14.0. The first-order chi connectivity index (χ1) is 18.8. The van der Waals surface area contributed by atoms with Gasteiger partial charge in [0.25, 0.3) is 0 Å². The average molecular weight is 539 g/mol. The first-order valence-corrected chi connectivity index (χ1v) is 14.0. The van der Waals surface area contributed by atoms with Crippen molar-refractivity contribution < 1.29 is 28.6 Å². The maximum Gasteiger partial charge on any atom is 0.408 e. The molecule has 39 heavy (non-hydrogen) atoms. The van der Waals surface area contributed by atoms with Crippen LogP contribution in [0.4, 0.5) is 4.79 Å². The van der Waals surface area contributed by atoms with Gasteiger partial charge in [-0.25, -0.2) is 4.79 Å². The van der Waals surface area contributed by atoms with Crippen molar-refractivity contribution in [3.8, 4) is 0 Å². The molecule has 0 bridgehead atoms. The Morgan fingerprint density at radius 3 is 2.23 bits per heavy atom. The Kier molecular flexibility index (Phi) is 11.8. The molecule has 1 saturated heterocycles. The zero-order valence-corrected chi connectivity index (χ0v) is 23.5. The normalized spacial score (nSPS) is 18.4. The molecule has 0 radical (unpaired) electrons. The van der Waals surface area contributed by atoms with Gasteiger partial charge >= 0.3 is 12.1 Å². The molecule has 0 spiro atoms. The van der Waals surface area contributed by atoms with Crippen LogP contribution >= 0.6 is 0 Å². The van der Waals surface area contributed by atoms with Crippen LogP contribution < -0.4 is 5.32 Å². The molecule has 0 saturated carbocycles. The van der Waals surface area contributed by atoms with Gasteiger partial charge in [-0.1, -0.05) is 101 Å². The van der Waals surface area contributed by atoms with Gasteiger partial charge < -0.3 is 24.4 Å². The predicted octanol–water partition coefficient (Wildman–Crippen LogP) is 5.45. The second-order valence-corrected chi connectivity index (χ2v) is 10.3. The number of rotatable bonds is 13. The highest BCUT2D eigenvalue weighted by Crippen LogP contribution is 2.26. The number of carbonyl (C=O) groups is 3. The molecule has 8 nitrogen and oxygen atoms in total. The summed E-state index contributed by atoms with van der Waals surface area (Å²) in [6, 6.07) is 17.7. The Labute approximate surface area is 232 Å². The average Bonchev–Trinajstić information content (AvgIpc) is 3.33. The van der Waals surface area contributed by atoms with Crippen LogP contribution in [0.5, 0.6) is 0 Å². The van der Waals surface area contributed by atoms with Crippen molar-refractivity contribution in [3.05, 3.63) is 71.8 Å². The van der Waals surface area contributed by atoms with E-state index in [1.165, 1.54) is 0 Å². The maximum atomic E-state index is 13.8. The van der Waals surface area contributed by atoms with E-state index in [2.05, 4.69) is 12.2 Å². The Morgan fingerprint density at radius 1 is 1.00 bits per heavy atom. The largest absolute Gasteiger partial charge is 0.445 e. The van der Waals surface area contributed by atoms with Gasteiger partial charge in [0.15, 0.2) is 0 Å². The second kappa shape index (κ2) is 15.3. The number of ether oxygens (including phenoxy) is 3. The van der Waals surface area contributed by atoms with E-state index in [1.54, 1.807) is 4.90 Å². The van der Waals surface area contributed by atoms with Crippen LogP contribution in [0.3, 0.4) is 0 Å². The first kappa shape index (κ1) is 30.2. The SMILES string of the molecule is CCCCC(CC)C(=O)O[C@@H]1OCN(C(=O)[C@@H](NC(=O)OCc2ccccc2)C(C)C)[C@H]1Cc1ccccc1. The molecule has 1 N–H and O–H groups in total. The van der Waals surface area contributed by atoms with E-state index in [0.717, 1.165) is 30.4 Å². The highest BCUT2D eigenvalue weighted by atomic mass is 16.7. The number of amides is 2. The van der Waals surface area contributed by atoms with Gasteiger partial charge in [-0.3, -0.25) is 9.59 Å². The summed E-state index contributed by atoms with van der Waals surface area (Å²) in [4.78, 5) is 41.0. The highest BCUT2D eigenvalue weighted by molar-refractivity contribution is 5.86. The lowest BCUT2D eigenvalue weighted by molar-refractivity contribution is -0.177. The van der Waals surface area contributed by atoms with Gasteiger partial charge in [0, 0.05) is 0 Å². The molecular formula is C31H42N2O6. The third-order valence-corrected chi connectivity index (χ3v) is 7.05. The van der Waals surface area contributed by atoms with Crippen LogP contribution in [0.15, 0.2) is 60.7 Å². The van der Waals surface area contributed by atoms with E-state index in [-0.39, 0.29) is 37.0 Å². The smallest absolute Gasteiger partial charge is 0.408 e. The minimum absolute atomic E-state index is 0.0377. The van der Waals surface area contributed by atoms with Crippen molar-refractivity contribution in [2.75, 3.05) is 6.73 Å². The maximum absolute atomic E-state index is 13.8. The Hall–Kier alpha value is -3.39. The standard InChI is InChI=1S/C31H42N2O6/c1-5-7-18-25(6-2)29(35)39-30-26(19-23-14-10-8-11-15-23)33(21-38-30)28(34)27(22(3)4)32-31(36)37-20-24-16-12-9-13-17-24/h8-17,22,25-27,30H,5-7,18-21H2,1-4H3,(H,32,36)/t25?,26-,27-,30-/m0/s1. The topological polar surface area (TPSA) is 94.2 Å². The molecule has 0 aromatic heterocycles. The van der Waals surface area contributed by atoms with Crippen molar-refractivity contribution in [3.63, 3.8) is 0 Å². The lowest BCUT2D eigenvalue weighted by atomic mass is 9.99. The van der Waals surface area contributed by atoms with E-state index in [0.29, 0.717) is 12.8 Å². The molecule has 4 atom stereocenters. The number of benzene rings is 2. The molecule has 3 rings (SSSR count). The molecule has 1 fully saturated rings. The molecule has 2 aromatic rings. The molecule has 8 heteroatoms. The third kappa shape index (κ3) is 8.82. The van der Waals surface area contributed by atoms with Gasteiger partial charge in [-0.15, -0.1) is 0 Å². The monoisotopic (exact) mass is 538 g/mol. The van der Waals surface area contributed by atoms with Crippen LogP contribution in [-0.4, -0.2) is 48.0 Å². The molecule has 0 aliphatic carbocycles. The number of nitrogens with zero attached hydrogens (tertiary/aromatic N) is 1. The fourth-order valence-electron chi connectivity index (χ4n) is 4.64. The minimum atomic E-state index is -0.893. The zero-order chi connectivity index (χ0) is 28.2. The summed E-state index contributed by atoms with van der Waals surface area (Å²) < 4.78 is 17.1. The van der Waals surface area contributed by atoms with Crippen LogP contribution in [0.25, 0.3) is 0 Å². The summed E-state index contributed by atoms with van der Waals surface area (Å²) in [5, 5.41) is 2.74. The van der Waals surface area contributed by atoms with E-state index < -0.39 is 24.5 Å². The molecule has 1 heterocycles. The van der Waals surface area contributed by atoms with Gasteiger partial charge in [0.1, 0.15) is 25.4 Å². The quantitative estimate of drug-likeness (QED) is 0.341. The number of alkyl carbamates (subject to hydrolysis) is 1. The fraction of sp³-hybridized carbons (Fsp3) is 0.516. The molecule has 1 aliphatic rings. The van der Waals surface area contributed by atoms with Gasteiger partial charge in [-0.05, 0) is 36.3 Å². The number of hydrogen-bond acceptors (Lipinski definition) is 6. The number of hydrogen-bond donors (Lipinski definition) is 1. The van der Waals surface area contributed by atoms with Crippen LogP contribution in [0, 0.1) is 11.8 Å². The van der Waals surface area contributed by atoms with Gasteiger partial charge in [-0.2, -0.15) is 0 Å². The number of nitrogens with one attached hydrogen (secondary N) is 1. The van der Waals surface area contributed by atoms with Gasteiger partial charge in [0.2, 0.25) is 12.2 Å². The van der Waals surface area contributed by atoms with Crippen LogP contribution in [0.1, 0.15) is 64.5 Å². The minimum Gasteiger partial charge on any atom is -0.445 e. The van der Waals surface area contributed by atoms with E-state index in [4.69, 9.17) is 14.2 Å². The lowest BCUT2D eigenvalue weighted by Gasteiger charge is -2.31. The molecular weight excluding hydrogens is 496 g/mol. The lowest BCUT2D eigenvalue weighted by Crippen LogP contribution is -2.54. The molecule has 2 aromatic carbocycles. The molecule has 2 amide bonds. The van der Waals surface area contributed by atoms with E-state index in [1.807, 2.05) is 81.4 Å². The van der Waals surface area contributed by atoms with Crippen LogP contribution in [-0.2, 0) is 36.8 Å². The Morgan fingerprint density at radius 2 is 1.64 bits per heavy atom. The van der Waals surface area contributed by atoms with Crippen molar-refractivity contribution in [2.45, 2.75) is 84.8 Å². The van der Waals surface area contributed by atoms with Crippen molar-refractivity contribution >= 4 is 18.0 Å². The van der Waals surface area contributed by atoms with E-state index in [9.17, 15) is 14.4 Å². The zero-order valence-electron chi connectivity index (χ0n) is 23.5. The number of unbranched alkanes of at least 4 members (excludes halogenated alkanes) is 1. The summed E-state index contributed by atoms with van der Waals surface area (Å²) in [6.07, 6.45) is 2.26. The highest BCUT2D eigenvalue weighted by Gasteiger charge is 2.44. The Balaban J connectivity index is 1.73.